The highest BCUT2D eigenvalue weighted by molar-refractivity contribution is 7.19. The van der Waals surface area contributed by atoms with Crippen molar-refractivity contribution in [3.8, 4) is 0 Å². The number of carboxylic acid groups (broad SMARTS) is 1. The molecule has 3 rings (SSSR count). The summed E-state index contributed by atoms with van der Waals surface area (Å²) in [7, 11) is 0. The SMILES string of the molecule is Cc1sc2cc(Cn3ccnc3)ccc2c1C(=O)O. The number of imidazole rings is 1. The largest absolute Gasteiger partial charge is 0.478 e. The molecule has 1 aromatic carbocycles. The van der Waals surface area contributed by atoms with Crippen LogP contribution in [-0.4, -0.2) is 20.6 Å². The van der Waals surface area contributed by atoms with E-state index in [1.165, 1.54) is 11.3 Å². The van der Waals surface area contributed by atoms with Gasteiger partial charge in [-0.2, -0.15) is 0 Å². The molecule has 0 aliphatic heterocycles. The van der Waals surface area contributed by atoms with Gasteiger partial charge < -0.3 is 9.67 Å². The number of aromatic nitrogens is 2. The van der Waals surface area contributed by atoms with Crippen molar-refractivity contribution in [2.24, 2.45) is 0 Å². The third-order valence-electron chi connectivity index (χ3n) is 3.07. The standard InChI is InChI=1S/C14H12N2O2S/c1-9-13(14(17)18)11-3-2-10(6-12(11)19-9)7-16-5-4-15-8-16/h2-6,8H,7H2,1H3,(H,17,18). The monoisotopic (exact) mass is 272 g/mol. The summed E-state index contributed by atoms with van der Waals surface area (Å²) in [5.74, 6) is -0.855. The minimum absolute atomic E-state index is 0.425. The van der Waals surface area contributed by atoms with Gasteiger partial charge in [-0.05, 0) is 18.6 Å². The molecule has 2 aromatic heterocycles. The molecule has 0 fully saturated rings. The minimum atomic E-state index is -0.855. The normalized spacial score (nSPS) is 11.0. The van der Waals surface area contributed by atoms with E-state index in [1.54, 1.807) is 12.5 Å². The number of benzene rings is 1. The first kappa shape index (κ1) is 11.9. The molecule has 0 atom stereocenters. The number of aryl methyl sites for hydroxylation is 1. The van der Waals surface area contributed by atoms with Crippen LogP contribution in [0.4, 0.5) is 0 Å². The Labute approximate surface area is 113 Å². The van der Waals surface area contributed by atoms with Gasteiger partial charge >= 0.3 is 5.97 Å². The summed E-state index contributed by atoms with van der Waals surface area (Å²) in [4.78, 5) is 16.1. The number of nitrogens with zero attached hydrogens (tertiary/aromatic N) is 2. The molecule has 0 saturated carbocycles. The van der Waals surface area contributed by atoms with Crippen LogP contribution < -0.4 is 0 Å². The van der Waals surface area contributed by atoms with Crippen LogP contribution in [0.2, 0.25) is 0 Å². The number of hydrogen-bond donors (Lipinski definition) is 1. The fourth-order valence-corrected chi connectivity index (χ4v) is 3.34. The van der Waals surface area contributed by atoms with Crippen molar-refractivity contribution in [2.75, 3.05) is 0 Å². The second-order valence-corrected chi connectivity index (χ2v) is 5.66. The Morgan fingerprint density at radius 2 is 2.32 bits per heavy atom. The van der Waals surface area contributed by atoms with E-state index in [9.17, 15) is 9.90 Å². The maximum Gasteiger partial charge on any atom is 0.337 e. The molecule has 0 saturated heterocycles. The van der Waals surface area contributed by atoms with Crippen LogP contribution in [-0.2, 0) is 6.54 Å². The fourth-order valence-electron chi connectivity index (χ4n) is 2.22. The quantitative estimate of drug-likeness (QED) is 0.796. The van der Waals surface area contributed by atoms with Crippen LogP contribution in [0.5, 0.6) is 0 Å². The number of thiophene rings is 1. The second-order valence-electron chi connectivity index (χ2n) is 4.40. The highest BCUT2D eigenvalue weighted by Crippen LogP contribution is 2.31. The number of carboxylic acids is 1. The lowest BCUT2D eigenvalue weighted by molar-refractivity contribution is 0.0699. The molecule has 0 spiro atoms. The number of carbonyl (C=O) groups is 1. The van der Waals surface area contributed by atoms with E-state index >= 15 is 0 Å². The molecule has 19 heavy (non-hydrogen) atoms. The Kier molecular flexibility index (Phi) is 2.83. The van der Waals surface area contributed by atoms with Gasteiger partial charge in [0, 0.05) is 33.9 Å². The van der Waals surface area contributed by atoms with E-state index in [1.807, 2.05) is 29.8 Å². The molecular weight excluding hydrogens is 260 g/mol. The molecule has 3 aromatic rings. The number of hydrogen-bond acceptors (Lipinski definition) is 3. The summed E-state index contributed by atoms with van der Waals surface area (Å²) in [6, 6.07) is 5.93. The van der Waals surface area contributed by atoms with Gasteiger partial charge in [-0.15, -0.1) is 11.3 Å². The lowest BCUT2D eigenvalue weighted by Crippen LogP contribution is -1.97. The van der Waals surface area contributed by atoms with Crippen molar-refractivity contribution in [3.05, 3.63) is 52.9 Å². The summed E-state index contributed by atoms with van der Waals surface area (Å²) in [6.45, 7) is 2.60. The zero-order valence-electron chi connectivity index (χ0n) is 10.3. The molecule has 0 bridgehead atoms. The lowest BCUT2D eigenvalue weighted by atomic mass is 10.1. The average Bonchev–Trinajstić information content (AvgIpc) is 2.94. The van der Waals surface area contributed by atoms with Crippen LogP contribution in [0.3, 0.4) is 0 Å². The molecule has 5 heteroatoms. The molecular formula is C14H12N2O2S. The lowest BCUT2D eigenvalue weighted by Gasteiger charge is -2.02. The summed E-state index contributed by atoms with van der Waals surface area (Å²) < 4.78 is 3.01. The van der Waals surface area contributed by atoms with Gasteiger partial charge in [-0.25, -0.2) is 9.78 Å². The van der Waals surface area contributed by atoms with Gasteiger partial charge in [-0.3, -0.25) is 0 Å². The molecule has 0 radical (unpaired) electrons. The van der Waals surface area contributed by atoms with Crippen LogP contribution in [0.15, 0.2) is 36.9 Å². The average molecular weight is 272 g/mol. The Balaban J connectivity index is 2.05. The van der Waals surface area contributed by atoms with Gasteiger partial charge in [0.1, 0.15) is 0 Å². The maximum atomic E-state index is 11.2. The van der Waals surface area contributed by atoms with Crippen molar-refractivity contribution in [3.63, 3.8) is 0 Å². The van der Waals surface area contributed by atoms with Crippen molar-refractivity contribution in [2.45, 2.75) is 13.5 Å². The second kappa shape index (κ2) is 4.51. The third-order valence-corrected chi connectivity index (χ3v) is 4.14. The summed E-state index contributed by atoms with van der Waals surface area (Å²) in [5, 5.41) is 10.0. The fraction of sp³-hybridized carbons (Fsp3) is 0.143. The van der Waals surface area contributed by atoms with Crippen LogP contribution in [0, 0.1) is 6.92 Å². The Hall–Kier alpha value is -2.14. The first-order valence-corrected chi connectivity index (χ1v) is 6.68. The van der Waals surface area contributed by atoms with Gasteiger partial charge in [0.2, 0.25) is 0 Å². The van der Waals surface area contributed by atoms with Crippen LogP contribution in [0.1, 0.15) is 20.8 Å². The highest BCUT2D eigenvalue weighted by atomic mass is 32.1. The van der Waals surface area contributed by atoms with E-state index in [2.05, 4.69) is 11.1 Å². The molecule has 0 unspecified atom stereocenters. The first-order valence-electron chi connectivity index (χ1n) is 5.86. The minimum Gasteiger partial charge on any atom is -0.478 e. The van der Waals surface area contributed by atoms with E-state index in [0.717, 1.165) is 27.1 Å². The van der Waals surface area contributed by atoms with Gasteiger partial charge in [0.25, 0.3) is 0 Å². The predicted molar refractivity (Wildman–Crippen MR) is 74.9 cm³/mol. The smallest absolute Gasteiger partial charge is 0.337 e. The van der Waals surface area contributed by atoms with E-state index < -0.39 is 5.97 Å². The molecule has 2 heterocycles. The first-order chi connectivity index (χ1) is 9.15. The number of rotatable bonds is 3. The topological polar surface area (TPSA) is 55.1 Å². The Bertz CT molecular complexity index is 744. The van der Waals surface area contributed by atoms with Gasteiger partial charge in [0.05, 0.1) is 11.9 Å². The summed E-state index contributed by atoms with van der Waals surface area (Å²) in [6.07, 6.45) is 5.43. The number of aromatic carboxylic acids is 1. The van der Waals surface area contributed by atoms with Crippen molar-refractivity contribution >= 4 is 27.4 Å². The summed E-state index contributed by atoms with van der Waals surface area (Å²) >= 11 is 1.53. The van der Waals surface area contributed by atoms with E-state index in [4.69, 9.17) is 0 Å². The van der Waals surface area contributed by atoms with Crippen molar-refractivity contribution in [1.29, 1.82) is 0 Å². The predicted octanol–water partition coefficient (Wildman–Crippen LogP) is 3.15. The maximum absolute atomic E-state index is 11.2. The van der Waals surface area contributed by atoms with Crippen LogP contribution in [0.25, 0.3) is 10.1 Å². The van der Waals surface area contributed by atoms with Crippen molar-refractivity contribution in [1.82, 2.24) is 9.55 Å². The summed E-state index contributed by atoms with van der Waals surface area (Å²) in [5.41, 5.74) is 1.57. The Morgan fingerprint density at radius 3 is 3.00 bits per heavy atom. The molecule has 0 aliphatic rings. The zero-order valence-corrected chi connectivity index (χ0v) is 11.1. The Morgan fingerprint density at radius 1 is 1.47 bits per heavy atom. The molecule has 0 aliphatic carbocycles. The number of fused-ring (bicyclic) bond motifs is 1. The third kappa shape index (κ3) is 2.13. The van der Waals surface area contributed by atoms with E-state index in [0.29, 0.717) is 5.56 Å². The molecule has 96 valence electrons. The zero-order chi connectivity index (χ0) is 13.4. The van der Waals surface area contributed by atoms with Crippen molar-refractivity contribution < 1.29 is 9.90 Å². The molecule has 0 amide bonds. The van der Waals surface area contributed by atoms with E-state index in [-0.39, 0.29) is 0 Å². The molecule has 4 nitrogen and oxygen atoms in total. The highest BCUT2D eigenvalue weighted by Gasteiger charge is 2.15. The van der Waals surface area contributed by atoms with Gasteiger partial charge in [-0.1, -0.05) is 12.1 Å². The van der Waals surface area contributed by atoms with Crippen LogP contribution >= 0.6 is 11.3 Å². The molecule has 1 N–H and O–H groups in total. The van der Waals surface area contributed by atoms with Gasteiger partial charge in [0.15, 0.2) is 0 Å².